The first-order chi connectivity index (χ1) is 10.9. The first kappa shape index (κ1) is 16.3. The maximum Gasteiger partial charge on any atom is 0.416 e. The molecule has 1 saturated carbocycles. The van der Waals surface area contributed by atoms with E-state index < -0.39 is 23.8 Å². The summed E-state index contributed by atoms with van der Waals surface area (Å²) < 4.78 is 39.5. The van der Waals surface area contributed by atoms with E-state index in [4.69, 9.17) is 0 Å². The summed E-state index contributed by atoms with van der Waals surface area (Å²) >= 11 is 0. The molecule has 126 valence electrons. The van der Waals surface area contributed by atoms with Gasteiger partial charge < -0.3 is 5.11 Å². The summed E-state index contributed by atoms with van der Waals surface area (Å²) in [5.41, 5.74) is -0.499. The van der Waals surface area contributed by atoms with Gasteiger partial charge in [-0.05, 0) is 36.8 Å². The number of aliphatic carboxylic acids is 1. The van der Waals surface area contributed by atoms with Crippen LogP contribution >= 0.6 is 0 Å². The second-order valence-electron chi connectivity index (χ2n) is 6.53. The Balaban J connectivity index is 1.89. The van der Waals surface area contributed by atoms with E-state index in [-0.39, 0.29) is 18.2 Å². The largest absolute Gasteiger partial charge is 0.480 e. The number of alkyl halides is 3. The summed E-state index contributed by atoms with van der Waals surface area (Å²) in [7, 11) is 0. The summed E-state index contributed by atoms with van der Waals surface area (Å²) in [5.74, 6) is -0.633. The maximum absolute atomic E-state index is 13.2. The minimum absolute atomic E-state index is 0.0494. The van der Waals surface area contributed by atoms with Crippen molar-refractivity contribution in [3.63, 3.8) is 0 Å². The van der Waals surface area contributed by atoms with Crippen LogP contribution in [0, 0.1) is 5.92 Å². The topological polar surface area (TPSA) is 40.5 Å². The van der Waals surface area contributed by atoms with E-state index in [9.17, 15) is 23.1 Å². The Labute approximate surface area is 133 Å². The fourth-order valence-corrected chi connectivity index (χ4v) is 4.15. The monoisotopic (exact) mass is 327 g/mol. The molecule has 1 aliphatic heterocycles. The van der Waals surface area contributed by atoms with Crippen molar-refractivity contribution < 1.29 is 23.1 Å². The fourth-order valence-electron chi connectivity index (χ4n) is 4.15. The number of benzene rings is 1. The van der Waals surface area contributed by atoms with Crippen molar-refractivity contribution in [3.8, 4) is 0 Å². The van der Waals surface area contributed by atoms with E-state index in [1.54, 1.807) is 11.0 Å². The van der Waals surface area contributed by atoms with E-state index in [1.165, 1.54) is 12.1 Å². The molecule has 1 aromatic carbocycles. The third kappa shape index (κ3) is 3.22. The molecular weight excluding hydrogens is 307 g/mol. The molecule has 1 N–H and O–H groups in total. The lowest BCUT2D eigenvalue weighted by molar-refractivity contribution is -0.143. The predicted molar refractivity (Wildman–Crippen MR) is 78.8 cm³/mol. The Morgan fingerprint density at radius 2 is 1.91 bits per heavy atom. The molecule has 2 fully saturated rings. The number of nitrogens with zero attached hydrogens (tertiary/aromatic N) is 1. The zero-order chi connectivity index (χ0) is 16.6. The van der Waals surface area contributed by atoms with Crippen molar-refractivity contribution in [2.45, 2.75) is 56.9 Å². The Morgan fingerprint density at radius 1 is 1.22 bits per heavy atom. The first-order valence-electron chi connectivity index (χ1n) is 8.01. The minimum atomic E-state index is -4.42. The first-order valence-corrected chi connectivity index (χ1v) is 8.01. The molecule has 3 rings (SSSR count). The van der Waals surface area contributed by atoms with Gasteiger partial charge in [-0.25, -0.2) is 0 Å². The highest BCUT2D eigenvalue weighted by Gasteiger charge is 2.45. The van der Waals surface area contributed by atoms with Crippen molar-refractivity contribution in [2.75, 3.05) is 0 Å². The second kappa shape index (κ2) is 6.15. The van der Waals surface area contributed by atoms with E-state index in [0.717, 1.165) is 31.7 Å². The fraction of sp³-hybridized carbons (Fsp3) is 0.588. The molecule has 0 radical (unpaired) electrons. The number of rotatable bonds is 3. The number of halogens is 3. The number of carboxylic acids is 1. The number of hydrogen-bond donors (Lipinski definition) is 1. The molecule has 0 spiro atoms. The van der Waals surface area contributed by atoms with E-state index in [2.05, 4.69) is 0 Å². The average Bonchev–Trinajstić information content (AvgIpc) is 2.86. The SMILES string of the molecule is O=C(O)[C@@H]1C[C@H]2CCCC[C@@H]2N1Cc1ccccc1C(F)(F)F. The van der Waals surface area contributed by atoms with Crippen LogP contribution < -0.4 is 0 Å². The number of likely N-dealkylation sites (tertiary alicyclic amines) is 1. The molecule has 1 heterocycles. The Bertz CT molecular complexity index is 587. The Hall–Kier alpha value is -1.56. The summed E-state index contributed by atoms with van der Waals surface area (Å²) in [6, 6.07) is 4.89. The number of carboxylic acid groups (broad SMARTS) is 1. The van der Waals surface area contributed by atoms with Crippen LogP contribution in [0.5, 0.6) is 0 Å². The maximum atomic E-state index is 13.2. The molecule has 0 bridgehead atoms. The number of fused-ring (bicyclic) bond motifs is 1. The highest BCUT2D eigenvalue weighted by atomic mass is 19.4. The van der Waals surface area contributed by atoms with Crippen LogP contribution in [0.2, 0.25) is 0 Å². The summed E-state index contributed by atoms with van der Waals surface area (Å²) in [6.45, 7) is 0.0494. The average molecular weight is 327 g/mol. The number of carbonyl (C=O) groups is 1. The van der Waals surface area contributed by atoms with Crippen molar-refractivity contribution in [2.24, 2.45) is 5.92 Å². The van der Waals surface area contributed by atoms with Gasteiger partial charge in [0.15, 0.2) is 0 Å². The number of hydrogen-bond acceptors (Lipinski definition) is 2. The van der Waals surface area contributed by atoms with Crippen molar-refractivity contribution in [1.82, 2.24) is 4.90 Å². The van der Waals surface area contributed by atoms with Gasteiger partial charge in [-0.15, -0.1) is 0 Å². The van der Waals surface area contributed by atoms with Gasteiger partial charge >= 0.3 is 12.1 Å². The molecule has 1 aliphatic carbocycles. The van der Waals surface area contributed by atoms with Crippen LogP contribution in [0.3, 0.4) is 0 Å². The van der Waals surface area contributed by atoms with Crippen LogP contribution in [0.1, 0.15) is 43.2 Å². The van der Waals surface area contributed by atoms with Crippen LogP contribution in [0.25, 0.3) is 0 Å². The van der Waals surface area contributed by atoms with Crippen LogP contribution in [-0.4, -0.2) is 28.1 Å². The molecule has 0 amide bonds. The molecular formula is C17H20F3NO2. The molecule has 23 heavy (non-hydrogen) atoms. The van der Waals surface area contributed by atoms with Gasteiger partial charge in [-0.1, -0.05) is 31.0 Å². The van der Waals surface area contributed by atoms with Crippen molar-refractivity contribution in [3.05, 3.63) is 35.4 Å². The third-order valence-corrected chi connectivity index (χ3v) is 5.18. The van der Waals surface area contributed by atoms with Gasteiger partial charge in [0.2, 0.25) is 0 Å². The lowest BCUT2D eigenvalue weighted by Gasteiger charge is -2.33. The highest BCUT2D eigenvalue weighted by Crippen LogP contribution is 2.41. The molecule has 2 aliphatic rings. The molecule has 6 heteroatoms. The van der Waals surface area contributed by atoms with E-state index in [1.807, 2.05) is 0 Å². The zero-order valence-electron chi connectivity index (χ0n) is 12.7. The van der Waals surface area contributed by atoms with Gasteiger partial charge in [0.25, 0.3) is 0 Å². The normalized spacial score (nSPS) is 28.6. The smallest absolute Gasteiger partial charge is 0.416 e. The summed E-state index contributed by atoms with van der Waals surface area (Å²) in [5, 5.41) is 9.47. The van der Waals surface area contributed by atoms with Gasteiger partial charge in [0, 0.05) is 12.6 Å². The molecule has 0 unspecified atom stereocenters. The van der Waals surface area contributed by atoms with Crippen LogP contribution in [0.15, 0.2) is 24.3 Å². The van der Waals surface area contributed by atoms with Crippen molar-refractivity contribution >= 4 is 5.97 Å². The lowest BCUT2D eigenvalue weighted by Crippen LogP contribution is -2.42. The lowest BCUT2D eigenvalue weighted by atomic mass is 9.84. The quantitative estimate of drug-likeness (QED) is 0.915. The van der Waals surface area contributed by atoms with E-state index in [0.29, 0.717) is 12.3 Å². The van der Waals surface area contributed by atoms with Crippen molar-refractivity contribution in [1.29, 1.82) is 0 Å². The standard InChI is InChI=1S/C17H20F3NO2/c18-17(19,20)13-7-3-1-6-12(13)10-21-14-8-4-2-5-11(14)9-15(21)16(22)23/h1,3,6-7,11,14-15H,2,4-5,8-10H2,(H,22,23)/t11-,14+,15+/m1/s1. The Morgan fingerprint density at radius 3 is 2.61 bits per heavy atom. The van der Waals surface area contributed by atoms with Gasteiger partial charge in [0.1, 0.15) is 6.04 Å². The molecule has 3 nitrogen and oxygen atoms in total. The van der Waals surface area contributed by atoms with Crippen LogP contribution in [-0.2, 0) is 17.5 Å². The van der Waals surface area contributed by atoms with E-state index >= 15 is 0 Å². The predicted octanol–water partition coefficient (Wildman–Crippen LogP) is 3.92. The van der Waals surface area contributed by atoms with Gasteiger partial charge in [0.05, 0.1) is 5.56 Å². The van der Waals surface area contributed by atoms with Gasteiger partial charge in [-0.2, -0.15) is 13.2 Å². The van der Waals surface area contributed by atoms with Gasteiger partial charge in [-0.3, -0.25) is 9.69 Å². The molecule has 1 aromatic rings. The summed E-state index contributed by atoms with van der Waals surface area (Å²) in [6.07, 6.45) is 0.0924. The van der Waals surface area contributed by atoms with Crippen LogP contribution in [0.4, 0.5) is 13.2 Å². The second-order valence-corrected chi connectivity index (χ2v) is 6.53. The zero-order valence-corrected chi connectivity index (χ0v) is 12.7. The Kier molecular flexibility index (Phi) is 4.36. The summed E-state index contributed by atoms with van der Waals surface area (Å²) in [4.78, 5) is 13.4. The molecule has 1 saturated heterocycles. The molecule has 0 aromatic heterocycles. The third-order valence-electron chi connectivity index (χ3n) is 5.18. The highest BCUT2D eigenvalue weighted by molar-refractivity contribution is 5.74. The minimum Gasteiger partial charge on any atom is -0.480 e. The molecule has 3 atom stereocenters.